The fourth-order valence-electron chi connectivity index (χ4n) is 2.36. The van der Waals surface area contributed by atoms with E-state index in [9.17, 15) is 14.7 Å². The topological polar surface area (TPSA) is 63.6 Å². The van der Waals surface area contributed by atoms with Gasteiger partial charge in [0.05, 0.1) is 6.61 Å². The number of carbonyl (C=O) groups is 2. The Bertz CT molecular complexity index is 1070. The number of carboxylic acid groups (broad SMARTS) is 1. The number of thiophene rings is 3. The minimum Gasteiger partial charge on any atom is -0.477 e. The number of ether oxygens (including phenoxy) is 1. The van der Waals surface area contributed by atoms with E-state index < -0.39 is 11.9 Å². The van der Waals surface area contributed by atoms with Crippen molar-refractivity contribution in [2.75, 3.05) is 6.61 Å². The van der Waals surface area contributed by atoms with Gasteiger partial charge in [-0.05, 0) is 73.0 Å². The van der Waals surface area contributed by atoms with Crippen LogP contribution in [-0.4, -0.2) is 23.7 Å². The highest BCUT2D eigenvalue weighted by Crippen LogP contribution is 2.25. The van der Waals surface area contributed by atoms with Gasteiger partial charge in [0.25, 0.3) is 0 Å². The summed E-state index contributed by atoms with van der Waals surface area (Å²) in [7, 11) is 0. The van der Waals surface area contributed by atoms with Crippen molar-refractivity contribution in [3.63, 3.8) is 0 Å². The molecular weight excluding hydrogens is 424 g/mol. The summed E-state index contributed by atoms with van der Waals surface area (Å²) in [4.78, 5) is 28.2. The van der Waals surface area contributed by atoms with Crippen LogP contribution in [0.15, 0.2) is 47.4 Å². The maximum absolute atomic E-state index is 11.8. The van der Waals surface area contributed by atoms with E-state index >= 15 is 0 Å². The smallest absolute Gasteiger partial charge is 0.345 e. The molecule has 0 radical (unpaired) electrons. The lowest BCUT2D eigenvalue weighted by atomic mass is 10.2. The summed E-state index contributed by atoms with van der Waals surface area (Å²) >= 11 is 4.80. The van der Waals surface area contributed by atoms with Gasteiger partial charge in [-0.25, -0.2) is 9.59 Å². The third-order valence-electron chi connectivity index (χ3n) is 3.67. The van der Waals surface area contributed by atoms with Gasteiger partial charge in [-0.2, -0.15) is 0 Å². The second-order valence-electron chi connectivity index (χ2n) is 5.75. The second-order valence-corrected chi connectivity index (χ2v) is 9.02. The average molecular weight is 443 g/mol. The van der Waals surface area contributed by atoms with E-state index in [1.54, 1.807) is 35.7 Å². The van der Waals surface area contributed by atoms with Crippen molar-refractivity contribution in [3.05, 3.63) is 71.7 Å². The van der Waals surface area contributed by atoms with Crippen LogP contribution in [0, 0.1) is 0 Å². The first-order chi connectivity index (χ1) is 14.0. The van der Waals surface area contributed by atoms with Gasteiger partial charge >= 0.3 is 11.9 Å². The second kappa shape index (κ2) is 10.2. The molecule has 0 bridgehead atoms. The molecule has 1 N–H and O–H groups in total. The van der Waals surface area contributed by atoms with E-state index in [2.05, 4.69) is 35.7 Å². The Kier molecular flexibility index (Phi) is 7.35. The monoisotopic (exact) mass is 442 g/mol. The van der Waals surface area contributed by atoms with Crippen molar-refractivity contribution < 1.29 is 19.4 Å². The average Bonchev–Trinajstić information content (AvgIpc) is 3.44. The third kappa shape index (κ3) is 6.12. The molecule has 3 aromatic rings. The molecule has 0 saturated carbocycles. The molecule has 3 rings (SSSR count). The van der Waals surface area contributed by atoms with Crippen LogP contribution in [0.5, 0.6) is 0 Å². The Hall–Kier alpha value is -2.74. The van der Waals surface area contributed by atoms with Gasteiger partial charge in [-0.3, -0.25) is 0 Å². The van der Waals surface area contributed by atoms with Crippen LogP contribution in [0.4, 0.5) is 0 Å². The lowest BCUT2D eigenvalue weighted by Crippen LogP contribution is -2.14. The molecule has 0 aliphatic rings. The van der Waals surface area contributed by atoms with Crippen molar-refractivity contribution in [1.29, 1.82) is 0 Å². The Balaban J connectivity index is 1.68. The summed E-state index contributed by atoms with van der Waals surface area (Å²) in [6.45, 7) is 1.77. The van der Waals surface area contributed by atoms with E-state index in [1.807, 2.05) is 24.3 Å². The molecule has 4 nitrogen and oxygen atoms in total. The Morgan fingerprint density at radius 2 is 1.45 bits per heavy atom. The van der Waals surface area contributed by atoms with E-state index in [1.165, 1.54) is 27.2 Å². The Morgan fingerprint density at radius 3 is 1.97 bits per heavy atom. The number of carboxylic acids is 1. The molecule has 3 heterocycles. The van der Waals surface area contributed by atoms with E-state index in [-0.39, 0.29) is 12.2 Å². The van der Waals surface area contributed by atoms with Crippen LogP contribution in [-0.2, 0) is 14.3 Å². The summed E-state index contributed by atoms with van der Waals surface area (Å²) in [5.41, 5.74) is -0.371. The molecule has 0 saturated heterocycles. The number of aliphatic carboxylic acids is 1. The summed E-state index contributed by atoms with van der Waals surface area (Å²) in [6, 6.07) is 11.9. The molecule has 0 fully saturated rings. The van der Waals surface area contributed by atoms with Gasteiger partial charge in [-0.15, -0.1) is 34.0 Å². The zero-order valence-electron chi connectivity index (χ0n) is 15.5. The maximum atomic E-state index is 11.8. The molecule has 7 heteroatoms. The first-order valence-electron chi connectivity index (χ1n) is 8.76. The van der Waals surface area contributed by atoms with Gasteiger partial charge in [-0.1, -0.05) is 6.07 Å². The van der Waals surface area contributed by atoms with Crippen molar-refractivity contribution >= 4 is 76.3 Å². The van der Waals surface area contributed by atoms with Crippen molar-refractivity contribution in [3.8, 4) is 0 Å². The Labute approximate surface area is 180 Å². The summed E-state index contributed by atoms with van der Waals surface area (Å²) in [6.07, 6.45) is 9.55. The van der Waals surface area contributed by atoms with Crippen molar-refractivity contribution in [2.24, 2.45) is 0 Å². The molecule has 0 aromatic carbocycles. The van der Waals surface area contributed by atoms with Crippen molar-refractivity contribution in [2.45, 2.75) is 6.92 Å². The van der Waals surface area contributed by atoms with Crippen LogP contribution >= 0.6 is 34.0 Å². The maximum Gasteiger partial charge on any atom is 0.345 e. The van der Waals surface area contributed by atoms with Gasteiger partial charge in [0.2, 0.25) is 0 Å². The van der Waals surface area contributed by atoms with Crippen LogP contribution in [0.25, 0.3) is 30.4 Å². The van der Waals surface area contributed by atoms with Crippen LogP contribution in [0.2, 0.25) is 0 Å². The van der Waals surface area contributed by atoms with Gasteiger partial charge in [0.15, 0.2) is 0 Å². The first-order valence-corrected chi connectivity index (χ1v) is 11.3. The number of esters is 1. The zero-order chi connectivity index (χ0) is 20.6. The van der Waals surface area contributed by atoms with Gasteiger partial charge < -0.3 is 9.84 Å². The minimum atomic E-state index is -1.30. The van der Waals surface area contributed by atoms with E-state index in [4.69, 9.17) is 4.74 Å². The molecule has 0 aliphatic carbocycles. The number of hydrogen-bond acceptors (Lipinski definition) is 6. The minimum absolute atomic E-state index is 0.132. The predicted molar refractivity (Wildman–Crippen MR) is 123 cm³/mol. The van der Waals surface area contributed by atoms with Crippen LogP contribution in [0.3, 0.4) is 0 Å². The summed E-state index contributed by atoms with van der Waals surface area (Å²) < 4.78 is 4.79. The molecule has 0 atom stereocenters. The normalized spacial score (nSPS) is 12.1. The zero-order valence-corrected chi connectivity index (χ0v) is 18.0. The lowest BCUT2D eigenvalue weighted by molar-refractivity contribution is -0.143. The van der Waals surface area contributed by atoms with E-state index in [0.717, 1.165) is 9.75 Å². The molecule has 0 aliphatic heterocycles. The van der Waals surface area contributed by atoms with Crippen LogP contribution < -0.4 is 0 Å². The molecule has 148 valence electrons. The largest absolute Gasteiger partial charge is 0.477 e. The fourth-order valence-corrected chi connectivity index (χ4v) is 4.65. The highest BCUT2D eigenvalue weighted by atomic mass is 32.1. The molecule has 29 heavy (non-hydrogen) atoms. The molecule has 0 unspecified atom stereocenters. The molecule has 3 aromatic heterocycles. The summed E-state index contributed by atoms with van der Waals surface area (Å²) in [5.74, 6) is -2.12. The molecule has 0 spiro atoms. The number of hydrogen-bond donors (Lipinski definition) is 1. The van der Waals surface area contributed by atoms with Gasteiger partial charge in [0.1, 0.15) is 5.57 Å². The number of carbonyl (C=O) groups excluding carboxylic acids is 1. The Morgan fingerprint density at radius 1 is 0.897 bits per heavy atom. The van der Waals surface area contributed by atoms with Crippen LogP contribution in [0.1, 0.15) is 31.3 Å². The SMILES string of the molecule is CCOC(=O)/C(=C/c1ccc(/C=C/c2ccc(/C=C/c3cccs3)s2)s1)C(=O)O. The number of rotatable bonds is 8. The molecule has 0 amide bonds. The highest BCUT2D eigenvalue weighted by Gasteiger charge is 2.18. The standard InChI is InChI=1S/C22H18O4S3/c1-2-26-22(25)20(21(23)24)14-19-12-11-18(29-19)10-9-17-8-7-16(28-17)6-5-15-4-3-13-27-15/h3-14H,2H2,1H3,(H,23,24)/b6-5+,10-9+,20-14+. The van der Waals surface area contributed by atoms with Gasteiger partial charge in [0, 0.05) is 24.4 Å². The first kappa shape index (κ1) is 21.0. The fraction of sp³-hybridized carbons (Fsp3) is 0.0909. The quantitative estimate of drug-likeness (QED) is 0.194. The van der Waals surface area contributed by atoms with Crippen molar-refractivity contribution in [1.82, 2.24) is 0 Å². The highest BCUT2D eigenvalue weighted by molar-refractivity contribution is 7.14. The molecular formula is C22H18O4S3. The predicted octanol–water partition coefficient (Wildman–Crippen LogP) is 6.24. The summed E-state index contributed by atoms with van der Waals surface area (Å²) in [5, 5.41) is 11.3. The third-order valence-corrected chi connectivity index (χ3v) is 6.53. The van der Waals surface area contributed by atoms with E-state index in [0.29, 0.717) is 4.88 Å². The lowest BCUT2D eigenvalue weighted by Gasteiger charge is -2.01.